The average molecular weight is 240 g/mol. The highest BCUT2D eigenvalue weighted by Gasteiger charge is 2.28. The molecule has 0 spiro atoms. The summed E-state index contributed by atoms with van der Waals surface area (Å²) in [4.78, 5) is 10.4. The molecule has 94 valence electrons. The minimum absolute atomic E-state index is 0.136. The lowest BCUT2D eigenvalue weighted by molar-refractivity contribution is -0.137. The SMILES string of the molecule is CC1CC(c2nnnn2CCCC(=O)O)CO1. The molecule has 0 aromatic carbocycles. The van der Waals surface area contributed by atoms with Gasteiger partial charge in [-0.3, -0.25) is 4.79 Å². The Morgan fingerprint density at radius 3 is 3.12 bits per heavy atom. The Morgan fingerprint density at radius 2 is 2.47 bits per heavy atom. The quantitative estimate of drug-likeness (QED) is 0.802. The molecule has 1 aromatic heterocycles. The summed E-state index contributed by atoms with van der Waals surface area (Å²) in [5.41, 5.74) is 0. The summed E-state index contributed by atoms with van der Waals surface area (Å²) in [6.45, 7) is 3.21. The third-order valence-corrected chi connectivity index (χ3v) is 2.88. The van der Waals surface area contributed by atoms with Crippen molar-refractivity contribution < 1.29 is 14.6 Å². The largest absolute Gasteiger partial charge is 0.481 e. The summed E-state index contributed by atoms with van der Waals surface area (Å²) >= 11 is 0. The molecular formula is C10H16N4O3. The molecule has 1 saturated heterocycles. The highest BCUT2D eigenvalue weighted by Crippen LogP contribution is 2.27. The monoisotopic (exact) mass is 240 g/mol. The van der Waals surface area contributed by atoms with Crippen LogP contribution in [0.1, 0.15) is 37.9 Å². The Morgan fingerprint density at radius 1 is 1.65 bits per heavy atom. The Bertz CT molecular complexity index is 393. The summed E-state index contributed by atoms with van der Waals surface area (Å²) in [5.74, 6) is 0.238. The second-order valence-corrected chi connectivity index (χ2v) is 4.33. The van der Waals surface area contributed by atoms with E-state index >= 15 is 0 Å². The third kappa shape index (κ3) is 3.00. The number of ether oxygens (including phenoxy) is 1. The molecule has 1 aromatic rings. The number of tetrazole rings is 1. The summed E-state index contributed by atoms with van der Waals surface area (Å²) in [7, 11) is 0. The fraction of sp³-hybridized carbons (Fsp3) is 0.800. The molecule has 17 heavy (non-hydrogen) atoms. The molecule has 0 amide bonds. The number of hydrogen-bond donors (Lipinski definition) is 1. The zero-order valence-electron chi connectivity index (χ0n) is 9.74. The van der Waals surface area contributed by atoms with Crippen LogP contribution >= 0.6 is 0 Å². The minimum atomic E-state index is -0.794. The molecule has 0 bridgehead atoms. The Labute approximate surface area is 98.8 Å². The molecule has 1 N–H and O–H groups in total. The second-order valence-electron chi connectivity index (χ2n) is 4.33. The number of carboxylic acids is 1. The van der Waals surface area contributed by atoms with Crippen molar-refractivity contribution in [2.24, 2.45) is 0 Å². The van der Waals surface area contributed by atoms with Crippen molar-refractivity contribution in [3.05, 3.63) is 5.82 Å². The number of rotatable bonds is 5. The summed E-state index contributed by atoms with van der Waals surface area (Å²) in [6.07, 6.45) is 1.83. The van der Waals surface area contributed by atoms with Gasteiger partial charge in [0.2, 0.25) is 0 Å². The normalized spacial score (nSPS) is 24.1. The smallest absolute Gasteiger partial charge is 0.303 e. The number of aromatic nitrogens is 4. The molecule has 0 aliphatic carbocycles. The van der Waals surface area contributed by atoms with Gasteiger partial charge in [-0.25, -0.2) is 4.68 Å². The molecule has 1 aliphatic heterocycles. The predicted octanol–water partition coefficient (Wildman–Crippen LogP) is 0.430. The first kappa shape index (κ1) is 12.0. The maximum absolute atomic E-state index is 10.4. The zero-order chi connectivity index (χ0) is 12.3. The molecule has 1 aliphatic rings. The number of carboxylic acid groups (broad SMARTS) is 1. The molecule has 2 unspecified atom stereocenters. The highest BCUT2D eigenvalue weighted by molar-refractivity contribution is 5.66. The van der Waals surface area contributed by atoms with Gasteiger partial charge in [0.05, 0.1) is 12.7 Å². The van der Waals surface area contributed by atoms with Crippen LogP contribution in [0.3, 0.4) is 0 Å². The van der Waals surface area contributed by atoms with Gasteiger partial charge in [0.1, 0.15) is 0 Å². The van der Waals surface area contributed by atoms with Crippen LogP contribution in [-0.4, -0.2) is 44.0 Å². The van der Waals surface area contributed by atoms with Gasteiger partial charge in [-0.05, 0) is 30.2 Å². The maximum Gasteiger partial charge on any atom is 0.303 e. The first-order chi connectivity index (χ1) is 8.16. The number of aryl methyl sites for hydroxylation is 1. The van der Waals surface area contributed by atoms with E-state index in [-0.39, 0.29) is 18.4 Å². The molecule has 2 atom stereocenters. The van der Waals surface area contributed by atoms with Crippen molar-refractivity contribution in [3.63, 3.8) is 0 Å². The third-order valence-electron chi connectivity index (χ3n) is 2.88. The van der Waals surface area contributed by atoms with Crippen LogP contribution in [0.15, 0.2) is 0 Å². The number of nitrogens with zero attached hydrogens (tertiary/aromatic N) is 4. The van der Waals surface area contributed by atoms with Gasteiger partial charge in [-0.15, -0.1) is 5.10 Å². The van der Waals surface area contributed by atoms with Gasteiger partial charge in [0, 0.05) is 18.9 Å². The molecule has 7 nitrogen and oxygen atoms in total. The van der Waals surface area contributed by atoms with Crippen LogP contribution in [0.4, 0.5) is 0 Å². The van der Waals surface area contributed by atoms with E-state index in [0.717, 1.165) is 12.2 Å². The van der Waals surface area contributed by atoms with Crippen LogP contribution in [0.2, 0.25) is 0 Å². The minimum Gasteiger partial charge on any atom is -0.481 e. The van der Waals surface area contributed by atoms with E-state index < -0.39 is 5.97 Å². The highest BCUT2D eigenvalue weighted by atomic mass is 16.5. The molecule has 2 rings (SSSR count). The van der Waals surface area contributed by atoms with Crippen LogP contribution in [0, 0.1) is 0 Å². The van der Waals surface area contributed by atoms with Crippen molar-refractivity contribution in [2.45, 2.75) is 44.8 Å². The number of aliphatic carboxylic acids is 1. The zero-order valence-corrected chi connectivity index (χ0v) is 9.74. The van der Waals surface area contributed by atoms with E-state index in [1.807, 2.05) is 6.92 Å². The van der Waals surface area contributed by atoms with E-state index in [4.69, 9.17) is 9.84 Å². The van der Waals surface area contributed by atoms with E-state index in [1.165, 1.54) is 0 Å². The summed E-state index contributed by atoms with van der Waals surface area (Å²) in [6, 6.07) is 0. The van der Waals surface area contributed by atoms with Crippen molar-refractivity contribution in [1.82, 2.24) is 20.2 Å². The molecule has 7 heteroatoms. The first-order valence-corrected chi connectivity index (χ1v) is 5.76. The molecule has 2 heterocycles. The van der Waals surface area contributed by atoms with Crippen LogP contribution in [-0.2, 0) is 16.1 Å². The van der Waals surface area contributed by atoms with Crippen molar-refractivity contribution in [3.8, 4) is 0 Å². The van der Waals surface area contributed by atoms with E-state index in [2.05, 4.69) is 15.5 Å². The number of hydrogen-bond acceptors (Lipinski definition) is 5. The van der Waals surface area contributed by atoms with Crippen LogP contribution in [0.5, 0.6) is 0 Å². The standard InChI is InChI=1S/C10H16N4O3/c1-7-5-8(6-17-7)10-11-12-13-14(10)4-2-3-9(15)16/h7-8H,2-6H2,1H3,(H,15,16). The van der Waals surface area contributed by atoms with Crippen molar-refractivity contribution in [1.29, 1.82) is 0 Å². The molecule has 1 fully saturated rings. The predicted molar refractivity (Wildman–Crippen MR) is 57.5 cm³/mol. The Kier molecular flexibility index (Phi) is 3.68. The van der Waals surface area contributed by atoms with E-state index in [9.17, 15) is 4.79 Å². The Balaban J connectivity index is 1.94. The Hall–Kier alpha value is -1.50. The average Bonchev–Trinajstić information content (AvgIpc) is 2.86. The maximum atomic E-state index is 10.4. The van der Waals surface area contributed by atoms with Gasteiger partial charge >= 0.3 is 5.97 Å². The van der Waals surface area contributed by atoms with Gasteiger partial charge < -0.3 is 9.84 Å². The van der Waals surface area contributed by atoms with Gasteiger partial charge in [-0.2, -0.15) is 0 Å². The first-order valence-electron chi connectivity index (χ1n) is 5.76. The summed E-state index contributed by atoms with van der Waals surface area (Å²) in [5, 5.41) is 20.1. The summed E-state index contributed by atoms with van der Waals surface area (Å²) < 4.78 is 7.17. The van der Waals surface area contributed by atoms with Gasteiger partial charge in [0.15, 0.2) is 5.82 Å². The van der Waals surface area contributed by atoms with Crippen LogP contribution in [0.25, 0.3) is 0 Å². The topological polar surface area (TPSA) is 90.1 Å². The lowest BCUT2D eigenvalue weighted by Crippen LogP contribution is -2.12. The van der Waals surface area contributed by atoms with Crippen molar-refractivity contribution in [2.75, 3.05) is 6.61 Å². The van der Waals surface area contributed by atoms with E-state index in [1.54, 1.807) is 4.68 Å². The number of carbonyl (C=O) groups is 1. The fourth-order valence-corrected chi connectivity index (χ4v) is 2.04. The lowest BCUT2D eigenvalue weighted by atomic mass is 10.1. The molecule has 0 radical (unpaired) electrons. The second kappa shape index (κ2) is 5.22. The lowest BCUT2D eigenvalue weighted by Gasteiger charge is -2.07. The van der Waals surface area contributed by atoms with E-state index in [0.29, 0.717) is 19.6 Å². The van der Waals surface area contributed by atoms with Crippen LogP contribution < -0.4 is 0 Å². The molecular weight excluding hydrogens is 224 g/mol. The van der Waals surface area contributed by atoms with Crippen molar-refractivity contribution >= 4 is 5.97 Å². The molecule has 0 saturated carbocycles. The van der Waals surface area contributed by atoms with Gasteiger partial charge in [0.25, 0.3) is 0 Å². The van der Waals surface area contributed by atoms with Gasteiger partial charge in [-0.1, -0.05) is 0 Å². The fourth-order valence-electron chi connectivity index (χ4n) is 2.04.